The summed E-state index contributed by atoms with van der Waals surface area (Å²) >= 11 is 0. The maximum atomic E-state index is 11.8. The van der Waals surface area contributed by atoms with Gasteiger partial charge < -0.3 is 14.2 Å². The van der Waals surface area contributed by atoms with E-state index in [0.29, 0.717) is 5.92 Å². The molecule has 0 N–H and O–H groups in total. The van der Waals surface area contributed by atoms with Gasteiger partial charge in [-0.05, 0) is 36.0 Å². The summed E-state index contributed by atoms with van der Waals surface area (Å²) in [6.45, 7) is 11.4. The molecule has 0 saturated heterocycles. The van der Waals surface area contributed by atoms with Crippen LogP contribution in [0.2, 0.25) is 0 Å². The lowest BCUT2D eigenvalue weighted by Crippen LogP contribution is -2.58. The van der Waals surface area contributed by atoms with Crippen LogP contribution in [-0.4, -0.2) is 37.2 Å². The predicted molar refractivity (Wildman–Crippen MR) is 99.6 cm³/mol. The van der Waals surface area contributed by atoms with Crippen molar-refractivity contribution in [2.75, 3.05) is 13.2 Å². The van der Waals surface area contributed by atoms with Gasteiger partial charge in [0.15, 0.2) is 0 Å². The molecule has 6 nitrogen and oxygen atoms in total. The molecule has 5 atom stereocenters. The molecule has 2 fully saturated rings. The number of carbonyl (C=O) groups excluding carboxylic acids is 3. The Balaban J connectivity index is 2.42. The minimum Gasteiger partial charge on any atom is -0.466 e. The zero-order valence-corrected chi connectivity index (χ0v) is 17.5. The molecule has 0 aromatic carbocycles. The van der Waals surface area contributed by atoms with Crippen molar-refractivity contribution < 1.29 is 28.6 Å². The van der Waals surface area contributed by atoms with Crippen molar-refractivity contribution in [3.05, 3.63) is 0 Å². The number of hydrogen-bond donors (Lipinski definition) is 0. The summed E-state index contributed by atoms with van der Waals surface area (Å²) in [6.07, 6.45) is 3.64. The van der Waals surface area contributed by atoms with Crippen LogP contribution in [0.15, 0.2) is 0 Å². The van der Waals surface area contributed by atoms with Gasteiger partial charge >= 0.3 is 17.9 Å². The van der Waals surface area contributed by atoms with Crippen molar-refractivity contribution in [2.24, 2.45) is 28.6 Å². The number of carbonyl (C=O) groups is 3. The number of rotatable bonds is 5. The number of fused-ring (bicyclic) bond motifs is 1. The lowest BCUT2D eigenvalue weighted by Gasteiger charge is -2.60. The van der Waals surface area contributed by atoms with Crippen LogP contribution in [0.5, 0.6) is 0 Å². The van der Waals surface area contributed by atoms with Gasteiger partial charge in [0, 0.05) is 32.6 Å². The third-order valence-electron chi connectivity index (χ3n) is 6.85. The fraction of sp³-hybridized carbons (Fsp3) is 0.857. The van der Waals surface area contributed by atoms with Gasteiger partial charge in [-0.15, -0.1) is 0 Å². The van der Waals surface area contributed by atoms with Crippen molar-refractivity contribution in [3.63, 3.8) is 0 Å². The van der Waals surface area contributed by atoms with Crippen molar-refractivity contribution in [1.82, 2.24) is 0 Å². The minimum atomic E-state index is -0.362. The quantitative estimate of drug-likeness (QED) is 0.535. The number of hydrogen-bond acceptors (Lipinski definition) is 6. The summed E-state index contributed by atoms with van der Waals surface area (Å²) in [4.78, 5) is 34.7. The van der Waals surface area contributed by atoms with Gasteiger partial charge in [-0.3, -0.25) is 14.4 Å². The maximum absolute atomic E-state index is 11.8. The van der Waals surface area contributed by atoms with Gasteiger partial charge in [-0.1, -0.05) is 27.2 Å². The Morgan fingerprint density at radius 3 is 2.04 bits per heavy atom. The van der Waals surface area contributed by atoms with Gasteiger partial charge in [-0.2, -0.15) is 0 Å². The standard InChI is InChI=1S/C21H34O6/c1-13(22)25-11-16-17(12-26-14(2)23)21(6)9-7-8-20(4,5)19(21)10-18(16)27-15(3)24/h16-19H,7-12H2,1-6H3/t16-,17+,18-,19+,21-/m1/s1. The zero-order valence-electron chi connectivity index (χ0n) is 17.5. The van der Waals surface area contributed by atoms with Crippen LogP contribution in [0.1, 0.15) is 67.2 Å². The molecule has 6 heteroatoms. The predicted octanol–water partition coefficient (Wildman–Crippen LogP) is 3.51. The molecule has 2 rings (SSSR count). The van der Waals surface area contributed by atoms with Crippen LogP contribution >= 0.6 is 0 Å². The van der Waals surface area contributed by atoms with E-state index in [2.05, 4.69) is 20.8 Å². The SMILES string of the molecule is CC(=O)OC[C@H]1[C@H](OC(C)=O)C[C@H]2C(C)(C)CCC[C@]2(C)[C@H]1COC(C)=O. The van der Waals surface area contributed by atoms with E-state index in [-0.39, 0.29) is 59.9 Å². The Labute approximate surface area is 162 Å². The molecule has 154 valence electrons. The van der Waals surface area contributed by atoms with E-state index in [9.17, 15) is 14.4 Å². The molecular weight excluding hydrogens is 348 g/mol. The molecular formula is C21H34O6. The Bertz CT molecular complexity index is 583. The van der Waals surface area contributed by atoms with Crippen molar-refractivity contribution in [1.29, 1.82) is 0 Å². The average Bonchev–Trinajstić information content (AvgIpc) is 2.51. The summed E-state index contributed by atoms with van der Waals surface area (Å²) in [5, 5.41) is 0. The highest BCUT2D eigenvalue weighted by atomic mass is 16.6. The van der Waals surface area contributed by atoms with Crippen LogP contribution in [-0.2, 0) is 28.6 Å². The van der Waals surface area contributed by atoms with Gasteiger partial charge in [0.05, 0.1) is 13.2 Å². The molecule has 0 heterocycles. The van der Waals surface area contributed by atoms with E-state index < -0.39 is 0 Å². The molecule has 0 bridgehead atoms. The van der Waals surface area contributed by atoms with Gasteiger partial charge in [0.2, 0.25) is 0 Å². The molecule has 2 aliphatic carbocycles. The Kier molecular flexibility index (Phi) is 6.59. The summed E-state index contributed by atoms with van der Waals surface area (Å²) in [6, 6.07) is 0. The lowest BCUT2D eigenvalue weighted by molar-refractivity contribution is -0.195. The van der Waals surface area contributed by atoms with E-state index in [1.54, 1.807) is 0 Å². The minimum absolute atomic E-state index is 0.0385. The summed E-state index contributed by atoms with van der Waals surface area (Å²) in [5.74, 6) is -0.922. The zero-order chi connectivity index (χ0) is 20.4. The lowest BCUT2D eigenvalue weighted by atomic mass is 9.46. The molecule has 0 aromatic heterocycles. The molecule has 0 unspecified atom stereocenters. The van der Waals surface area contributed by atoms with Crippen molar-refractivity contribution in [2.45, 2.75) is 73.3 Å². The normalized spacial score (nSPS) is 34.9. The van der Waals surface area contributed by atoms with Crippen molar-refractivity contribution in [3.8, 4) is 0 Å². The highest BCUT2D eigenvalue weighted by molar-refractivity contribution is 5.67. The van der Waals surface area contributed by atoms with Crippen molar-refractivity contribution >= 4 is 17.9 Å². The first-order valence-corrected chi connectivity index (χ1v) is 9.91. The Morgan fingerprint density at radius 1 is 0.889 bits per heavy atom. The van der Waals surface area contributed by atoms with Crippen LogP contribution in [0.3, 0.4) is 0 Å². The molecule has 0 spiro atoms. The summed E-state index contributed by atoms with van der Waals surface area (Å²) < 4.78 is 16.5. The van der Waals surface area contributed by atoms with Gasteiger partial charge in [0.25, 0.3) is 0 Å². The fourth-order valence-electron chi connectivity index (χ4n) is 5.66. The van der Waals surface area contributed by atoms with E-state index in [0.717, 1.165) is 25.7 Å². The van der Waals surface area contributed by atoms with E-state index in [4.69, 9.17) is 14.2 Å². The molecule has 2 saturated carbocycles. The molecule has 0 aromatic rings. The second-order valence-corrected chi connectivity index (χ2v) is 9.16. The van der Waals surface area contributed by atoms with Crippen LogP contribution in [0.4, 0.5) is 0 Å². The second-order valence-electron chi connectivity index (χ2n) is 9.16. The molecule has 0 amide bonds. The third-order valence-corrected chi connectivity index (χ3v) is 6.85. The second kappa shape index (κ2) is 8.19. The highest BCUT2D eigenvalue weighted by Gasteiger charge is 2.58. The first-order chi connectivity index (χ1) is 12.5. The van der Waals surface area contributed by atoms with E-state index in [1.807, 2.05) is 0 Å². The molecule has 2 aliphatic rings. The maximum Gasteiger partial charge on any atom is 0.302 e. The van der Waals surface area contributed by atoms with E-state index >= 15 is 0 Å². The Hall–Kier alpha value is -1.59. The molecule has 0 radical (unpaired) electrons. The Morgan fingerprint density at radius 2 is 1.48 bits per heavy atom. The average molecular weight is 382 g/mol. The van der Waals surface area contributed by atoms with E-state index in [1.165, 1.54) is 20.8 Å². The number of esters is 3. The summed E-state index contributed by atoms with van der Waals surface area (Å²) in [5.41, 5.74) is 0.0327. The van der Waals surface area contributed by atoms with Crippen LogP contribution in [0.25, 0.3) is 0 Å². The third kappa shape index (κ3) is 4.82. The van der Waals surface area contributed by atoms with Crippen LogP contribution in [0, 0.1) is 28.6 Å². The molecule has 27 heavy (non-hydrogen) atoms. The smallest absolute Gasteiger partial charge is 0.302 e. The number of ether oxygens (including phenoxy) is 3. The fourth-order valence-corrected chi connectivity index (χ4v) is 5.66. The van der Waals surface area contributed by atoms with Gasteiger partial charge in [0.1, 0.15) is 6.10 Å². The van der Waals surface area contributed by atoms with Gasteiger partial charge in [-0.25, -0.2) is 0 Å². The first-order valence-electron chi connectivity index (χ1n) is 9.91. The monoisotopic (exact) mass is 382 g/mol. The molecule has 0 aliphatic heterocycles. The summed E-state index contributed by atoms with van der Waals surface area (Å²) in [7, 11) is 0. The topological polar surface area (TPSA) is 78.9 Å². The van der Waals surface area contributed by atoms with Crippen LogP contribution < -0.4 is 0 Å². The highest BCUT2D eigenvalue weighted by Crippen LogP contribution is 2.61. The first kappa shape index (κ1) is 21.7. The largest absolute Gasteiger partial charge is 0.466 e.